The molecular weight excluding hydrogens is 234 g/mol. The maximum atomic E-state index is 11.7. The van der Waals surface area contributed by atoms with E-state index in [0.29, 0.717) is 12.1 Å². The zero-order valence-corrected chi connectivity index (χ0v) is 10.1. The van der Waals surface area contributed by atoms with Gasteiger partial charge in [-0.25, -0.2) is 10.1 Å². The summed E-state index contributed by atoms with van der Waals surface area (Å²) in [6, 6.07) is 8.34. The molecule has 18 heavy (non-hydrogen) atoms. The molecule has 6 nitrogen and oxygen atoms in total. The van der Waals surface area contributed by atoms with Gasteiger partial charge < -0.3 is 15.4 Å². The number of amides is 1. The second-order valence-electron chi connectivity index (χ2n) is 3.56. The van der Waals surface area contributed by atoms with Gasteiger partial charge in [-0.2, -0.15) is 0 Å². The largest absolute Gasteiger partial charge is 0.384 e. The molecule has 96 valence electrons. The molecule has 0 saturated carbocycles. The number of hydrogen-bond donors (Lipinski definition) is 2. The van der Waals surface area contributed by atoms with Gasteiger partial charge in [-0.3, -0.25) is 0 Å². The molecule has 1 aromatic rings. The predicted octanol–water partition coefficient (Wildman–Crippen LogP) is 1.49. The van der Waals surface area contributed by atoms with Gasteiger partial charge in [-0.15, -0.1) is 0 Å². The van der Waals surface area contributed by atoms with Crippen molar-refractivity contribution in [2.45, 2.75) is 13.3 Å². The normalized spacial score (nSPS) is 10.8. The number of hydrogen-bond acceptors (Lipinski definition) is 4. The van der Waals surface area contributed by atoms with Crippen molar-refractivity contribution >= 4 is 5.91 Å². The summed E-state index contributed by atoms with van der Waals surface area (Å²) in [5.74, 6) is -0.867. The van der Waals surface area contributed by atoms with Crippen molar-refractivity contribution in [3.63, 3.8) is 0 Å². The van der Waals surface area contributed by atoms with E-state index in [2.05, 4.69) is 10.6 Å². The molecule has 0 fully saturated rings. The minimum atomic E-state index is -0.635. The van der Waals surface area contributed by atoms with E-state index in [-0.39, 0.29) is 5.82 Å². The summed E-state index contributed by atoms with van der Waals surface area (Å²) in [7, 11) is 0. The lowest BCUT2D eigenvalue weighted by Crippen LogP contribution is -2.28. The molecule has 0 bridgehead atoms. The van der Waals surface area contributed by atoms with E-state index in [1.54, 1.807) is 30.3 Å². The Labute approximate surface area is 105 Å². The van der Waals surface area contributed by atoms with Crippen LogP contribution in [-0.2, 0) is 0 Å². The van der Waals surface area contributed by atoms with Gasteiger partial charge in [0.2, 0.25) is 0 Å². The third kappa shape index (κ3) is 4.25. The first kappa shape index (κ1) is 13.7. The summed E-state index contributed by atoms with van der Waals surface area (Å²) in [4.78, 5) is 21.8. The Bertz CT molecular complexity index is 443. The average Bonchev–Trinajstić information content (AvgIpc) is 2.38. The molecular formula is C12H15N3O3. The Morgan fingerprint density at radius 3 is 2.61 bits per heavy atom. The first-order valence-corrected chi connectivity index (χ1v) is 5.59. The minimum absolute atomic E-state index is 0.364. The lowest BCUT2D eigenvalue weighted by molar-refractivity contribution is -0.430. The van der Waals surface area contributed by atoms with E-state index in [4.69, 9.17) is 0 Å². The number of carbonyl (C=O) groups excluding carboxylic acids is 1. The van der Waals surface area contributed by atoms with Crippen molar-refractivity contribution in [3.05, 3.63) is 58.0 Å². The first-order chi connectivity index (χ1) is 8.65. The van der Waals surface area contributed by atoms with Gasteiger partial charge in [0.05, 0.1) is 11.8 Å². The molecule has 1 aromatic carbocycles. The number of benzene rings is 1. The Balaban J connectivity index is 2.70. The third-order valence-electron chi connectivity index (χ3n) is 2.11. The maximum absolute atomic E-state index is 11.7. The highest BCUT2D eigenvalue weighted by Crippen LogP contribution is 2.00. The Morgan fingerprint density at radius 1 is 1.39 bits per heavy atom. The van der Waals surface area contributed by atoms with E-state index < -0.39 is 10.8 Å². The highest BCUT2D eigenvalue weighted by atomic mass is 16.6. The maximum Gasteiger partial charge on any atom is 0.339 e. The molecule has 0 aliphatic carbocycles. The van der Waals surface area contributed by atoms with Crippen molar-refractivity contribution < 1.29 is 9.72 Å². The standard InChI is InChI=1S/C12H15N3O3/c1-2-8-13-9-11(15(17)18)14-12(16)10-6-4-3-5-7-10/h3-7,9,13H,2,8H2,1H3,(H,14,16)/b11-9+. The van der Waals surface area contributed by atoms with E-state index in [1.807, 2.05) is 6.92 Å². The van der Waals surface area contributed by atoms with E-state index >= 15 is 0 Å². The molecule has 0 unspecified atom stereocenters. The average molecular weight is 249 g/mol. The van der Waals surface area contributed by atoms with Crippen LogP contribution in [0.5, 0.6) is 0 Å². The number of nitro groups is 1. The second-order valence-corrected chi connectivity index (χ2v) is 3.56. The molecule has 0 aliphatic rings. The van der Waals surface area contributed by atoms with Crippen LogP contribution in [0.15, 0.2) is 42.4 Å². The smallest absolute Gasteiger partial charge is 0.339 e. The topological polar surface area (TPSA) is 84.3 Å². The molecule has 0 aromatic heterocycles. The summed E-state index contributed by atoms with van der Waals surface area (Å²) in [6.07, 6.45) is 2.04. The van der Waals surface area contributed by atoms with Crippen LogP contribution in [0.4, 0.5) is 0 Å². The molecule has 2 N–H and O–H groups in total. The molecule has 0 spiro atoms. The van der Waals surface area contributed by atoms with E-state index in [0.717, 1.165) is 6.42 Å². The van der Waals surface area contributed by atoms with Gasteiger partial charge in [-0.05, 0) is 23.5 Å². The molecule has 0 radical (unpaired) electrons. The van der Waals surface area contributed by atoms with Crippen molar-refractivity contribution in [1.29, 1.82) is 0 Å². The lowest BCUT2D eigenvalue weighted by Gasteiger charge is -2.03. The third-order valence-corrected chi connectivity index (χ3v) is 2.11. The molecule has 1 rings (SSSR count). The molecule has 0 saturated heterocycles. The van der Waals surface area contributed by atoms with Gasteiger partial charge in [0, 0.05) is 6.54 Å². The van der Waals surface area contributed by atoms with Crippen LogP contribution in [0.3, 0.4) is 0 Å². The summed E-state index contributed by atoms with van der Waals surface area (Å²) < 4.78 is 0. The van der Waals surface area contributed by atoms with Gasteiger partial charge in [0.25, 0.3) is 0 Å². The van der Waals surface area contributed by atoms with Crippen molar-refractivity contribution in [1.82, 2.24) is 10.6 Å². The van der Waals surface area contributed by atoms with Crippen LogP contribution in [0.1, 0.15) is 23.7 Å². The zero-order valence-electron chi connectivity index (χ0n) is 10.1. The van der Waals surface area contributed by atoms with Crippen molar-refractivity contribution in [2.75, 3.05) is 6.54 Å². The van der Waals surface area contributed by atoms with E-state index in [9.17, 15) is 14.9 Å². The summed E-state index contributed by atoms with van der Waals surface area (Å²) >= 11 is 0. The zero-order chi connectivity index (χ0) is 13.4. The highest BCUT2D eigenvalue weighted by Gasteiger charge is 2.16. The summed E-state index contributed by atoms with van der Waals surface area (Å²) in [6.45, 7) is 2.55. The summed E-state index contributed by atoms with van der Waals surface area (Å²) in [5, 5.41) is 15.8. The fourth-order valence-electron chi connectivity index (χ4n) is 1.23. The van der Waals surface area contributed by atoms with Gasteiger partial charge >= 0.3 is 11.7 Å². The number of nitrogens with zero attached hydrogens (tertiary/aromatic N) is 1. The SMILES string of the molecule is CCCN/C=C(\NC(=O)c1ccccc1)[N+](=O)[O-]. The Morgan fingerprint density at radius 2 is 2.06 bits per heavy atom. The fourth-order valence-corrected chi connectivity index (χ4v) is 1.23. The quantitative estimate of drug-likeness (QED) is 0.454. The minimum Gasteiger partial charge on any atom is -0.384 e. The van der Waals surface area contributed by atoms with Crippen LogP contribution in [0.25, 0.3) is 0 Å². The van der Waals surface area contributed by atoms with Gasteiger partial charge in [-0.1, -0.05) is 25.1 Å². The molecule has 0 aliphatic heterocycles. The Kier molecular flexibility index (Phi) is 5.37. The number of nitrogens with one attached hydrogen (secondary N) is 2. The molecule has 0 atom stereocenters. The van der Waals surface area contributed by atoms with Crippen LogP contribution in [0, 0.1) is 10.1 Å². The Hall–Kier alpha value is -2.37. The summed E-state index contributed by atoms with van der Waals surface area (Å²) in [5.41, 5.74) is 0.376. The van der Waals surface area contributed by atoms with E-state index in [1.165, 1.54) is 6.20 Å². The molecule has 0 heterocycles. The predicted molar refractivity (Wildman–Crippen MR) is 67.3 cm³/mol. The monoisotopic (exact) mass is 249 g/mol. The van der Waals surface area contributed by atoms with Crippen LogP contribution >= 0.6 is 0 Å². The lowest BCUT2D eigenvalue weighted by atomic mass is 10.2. The van der Waals surface area contributed by atoms with Crippen molar-refractivity contribution in [3.8, 4) is 0 Å². The molecule has 1 amide bonds. The van der Waals surface area contributed by atoms with Crippen LogP contribution < -0.4 is 10.6 Å². The molecule has 6 heteroatoms. The van der Waals surface area contributed by atoms with Crippen LogP contribution in [-0.4, -0.2) is 17.4 Å². The first-order valence-electron chi connectivity index (χ1n) is 5.59. The second kappa shape index (κ2) is 7.05. The van der Waals surface area contributed by atoms with Crippen LogP contribution in [0.2, 0.25) is 0 Å². The fraction of sp³-hybridized carbons (Fsp3) is 0.250. The number of carbonyl (C=O) groups is 1. The van der Waals surface area contributed by atoms with Gasteiger partial charge in [0.1, 0.15) is 0 Å². The van der Waals surface area contributed by atoms with Crippen molar-refractivity contribution in [2.24, 2.45) is 0 Å². The number of rotatable bonds is 6. The van der Waals surface area contributed by atoms with Gasteiger partial charge in [0.15, 0.2) is 0 Å². The highest BCUT2D eigenvalue weighted by molar-refractivity contribution is 5.94.